The van der Waals surface area contributed by atoms with E-state index in [-0.39, 0.29) is 12.1 Å². The zero-order chi connectivity index (χ0) is 13.7. The zero-order valence-corrected chi connectivity index (χ0v) is 11.4. The Morgan fingerprint density at radius 3 is 2.79 bits per heavy atom. The van der Waals surface area contributed by atoms with E-state index in [1.807, 2.05) is 35.2 Å². The standard InChI is InChI=1S/C14H22N4O/c1-17-7-8-18(13(9-15)11-17)14(19)16-10-12-5-3-2-4-6-12/h2-6,13H,7-11,15H2,1H3,(H,16,19). The number of carbonyl (C=O) groups excluding carboxylic acids is 1. The third-order valence-corrected chi connectivity index (χ3v) is 3.51. The molecular weight excluding hydrogens is 240 g/mol. The summed E-state index contributed by atoms with van der Waals surface area (Å²) in [5.41, 5.74) is 6.86. The van der Waals surface area contributed by atoms with Gasteiger partial charge in [-0.05, 0) is 12.6 Å². The van der Waals surface area contributed by atoms with E-state index in [1.54, 1.807) is 0 Å². The van der Waals surface area contributed by atoms with Gasteiger partial charge >= 0.3 is 6.03 Å². The first-order valence-electron chi connectivity index (χ1n) is 6.67. The number of nitrogens with one attached hydrogen (secondary N) is 1. The number of hydrogen-bond donors (Lipinski definition) is 2. The Labute approximate surface area is 114 Å². The van der Waals surface area contributed by atoms with Crippen LogP contribution in [0.15, 0.2) is 30.3 Å². The number of piperazine rings is 1. The minimum Gasteiger partial charge on any atom is -0.334 e. The topological polar surface area (TPSA) is 61.6 Å². The first-order chi connectivity index (χ1) is 9.20. The Morgan fingerprint density at radius 1 is 1.37 bits per heavy atom. The van der Waals surface area contributed by atoms with Crippen LogP contribution in [0.1, 0.15) is 5.56 Å². The lowest BCUT2D eigenvalue weighted by Crippen LogP contribution is -2.58. The Balaban J connectivity index is 1.88. The molecule has 104 valence electrons. The normalized spacial score (nSPS) is 20.3. The molecule has 5 nitrogen and oxygen atoms in total. The average molecular weight is 262 g/mol. The van der Waals surface area contributed by atoms with Crippen molar-refractivity contribution in [2.45, 2.75) is 12.6 Å². The highest BCUT2D eigenvalue weighted by atomic mass is 16.2. The maximum absolute atomic E-state index is 12.2. The maximum Gasteiger partial charge on any atom is 0.318 e. The van der Waals surface area contributed by atoms with Crippen LogP contribution in [0.4, 0.5) is 4.79 Å². The second kappa shape index (κ2) is 6.54. The van der Waals surface area contributed by atoms with Gasteiger partial charge in [0.25, 0.3) is 0 Å². The van der Waals surface area contributed by atoms with Crippen molar-refractivity contribution in [2.75, 3.05) is 33.2 Å². The second-order valence-corrected chi connectivity index (χ2v) is 4.99. The van der Waals surface area contributed by atoms with Crippen LogP contribution in [-0.4, -0.2) is 55.1 Å². The van der Waals surface area contributed by atoms with E-state index < -0.39 is 0 Å². The van der Waals surface area contributed by atoms with Crippen molar-refractivity contribution < 1.29 is 4.79 Å². The van der Waals surface area contributed by atoms with E-state index in [1.165, 1.54) is 0 Å². The lowest BCUT2D eigenvalue weighted by atomic mass is 10.2. The first kappa shape index (κ1) is 13.8. The van der Waals surface area contributed by atoms with Crippen LogP contribution in [0, 0.1) is 0 Å². The molecule has 1 fully saturated rings. The summed E-state index contributed by atoms with van der Waals surface area (Å²) in [6.45, 7) is 3.54. The molecule has 19 heavy (non-hydrogen) atoms. The number of likely N-dealkylation sites (N-methyl/N-ethyl adjacent to an activating group) is 1. The molecule has 1 saturated heterocycles. The predicted molar refractivity (Wildman–Crippen MR) is 75.7 cm³/mol. The van der Waals surface area contributed by atoms with Gasteiger partial charge < -0.3 is 20.9 Å². The van der Waals surface area contributed by atoms with Gasteiger partial charge in [-0.25, -0.2) is 4.79 Å². The fourth-order valence-corrected chi connectivity index (χ4v) is 2.35. The van der Waals surface area contributed by atoms with Crippen molar-refractivity contribution in [3.8, 4) is 0 Å². The third kappa shape index (κ3) is 3.68. The number of hydrogen-bond acceptors (Lipinski definition) is 3. The summed E-state index contributed by atoms with van der Waals surface area (Å²) in [7, 11) is 2.06. The summed E-state index contributed by atoms with van der Waals surface area (Å²) in [5, 5.41) is 2.96. The first-order valence-corrected chi connectivity index (χ1v) is 6.67. The molecule has 2 amide bonds. The molecule has 1 aliphatic heterocycles. The van der Waals surface area contributed by atoms with Gasteiger partial charge in [0, 0.05) is 32.7 Å². The number of nitrogens with two attached hydrogens (primary N) is 1. The van der Waals surface area contributed by atoms with Gasteiger partial charge in [-0.1, -0.05) is 30.3 Å². The Kier molecular flexibility index (Phi) is 4.76. The van der Waals surface area contributed by atoms with E-state index in [0.29, 0.717) is 13.1 Å². The molecule has 1 unspecified atom stereocenters. The number of urea groups is 1. The molecule has 1 aromatic rings. The lowest BCUT2D eigenvalue weighted by molar-refractivity contribution is 0.112. The van der Waals surface area contributed by atoms with Crippen molar-refractivity contribution in [1.29, 1.82) is 0 Å². The van der Waals surface area contributed by atoms with Gasteiger partial charge in [0.1, 0.15) is 0 Å². The molecule has 0 aromatic heterocycles. The molecule has 0 aliphatic carbocycles. The smallest absolute Gasteiger partial charge is 0.318 e. The number of amides is 2. The Morgan fingerprint density at radius 2 is 2.11 bits per heavy atom. The van der Waals surface area contributed by atoms with Gasteiger partial charge in [-0.2, -0.15) is 0 Å². The fraction of sp³-hybridized carbons (Fsp3) is 0.500. The van der Waals surface area contributed by atoms with Crippen LogP contribution < -0.4 is 11.1 Å². The lowest BCUT2D eigenvalue weighted by Gasteiger charge is -2.39. The fourth-order valence-electron chi connectivity index (χ4n) is 2.35. The largest absolute Gasteiger partial charge is 0.334 e. The van der Waals surface area contributed by atoms with Gasteiger partial charge in [-0.3, -0.25) is 0 Å². The monoisotopic (exact) mass is 262 g/mol. The molecule has 0 radical (unpaired) electrons. The highest BCUT2D eigenvalue weighted by molar-refractivity contribution is 5.74. The minimum absolute atomic E-state index is 0.0209. The number of rotatable bonds is 3. The van der Waals surface area contributed by atoms with Crippen LogP contribution in [0.5, 0.6) is 0 Å². The van der Waals surface area contributed by atoms with Crippen molar-refractivity contribution in [1.82, 2.24) is 15.1 Å². The minimum atomic E-state index is -0.0209. The number of carbonyl (C=O) groups is 1. The average Bonchev–Trinajstić information content (AvgIpc) is 2.45. The van der Waals surface area contributed by atoms with Crippen LogP contribution in [0.2, 0.25) is 0 Å². The van der Waals surface area contributed by atoms with Crippen LogP contribution in [-0.2, 0) is 6.54 Å². The highest BCUT2D eigenvalue weighted by Gasteiger charge is 2.27. The molecule has 3 N–H and O–H groups in total. The van der Waals surface area contributed by atoms with Gasteiger partial charge in [0.05, 0.1) is 6.04 Å². The SMILES string of the molecule is CN1CCN(C(=O)NCc2ccccc2)C(CN)C1. The third-order valence-electron chi connectivity index (χ3n) is 3.51. The van der Waals surface area contributed by atoms with E-state index >= 15 is 0 Å². The van der Waals surface area contributed by atoms with Crippen molar-refractivity contribution in [3.05, 3.63) is 35.9 Å². The number of benzene rings is 1. The molecule has 0 spiro atoms. The summed E-state index contributed by atoms with van der Waals surface area (Å²) >= 11 is 0. The van der Waals surface area contributed by atoms with Crippen molar-refractivity contribution in [2.24, 2.45) is 5.73 Å². The molecule has 1 aromatic carbocycles. The van der Waals surface area contributed by atoms with Gasteiger partial charge in [0.15, 0.2) is 0 Å². The zero-order valence-electron chi connectivity index (χ0n) is 11.4. The quantitative estimate of drug-likeness (QED) is 0.832. The Hall–Kier alpha value is -1.59. The maximum atomic E-state index is 12.2. The molecule has 1 atom stereocenters. The van der Waals surface area contributed by atoms with Crippen molar-refractivity contribution >= 4 is 6.03 Å². The predicted octanol–water partition coefficient (Wildman–Crippen LogP) is 0.471. The summed E-state index contributed by atoms with van der Waals surface area (Å²) in [6.07, 6.45) is 0. The second-order valence-electron chi connectivity index (χ2n) is 4.99. The molecule has 0 bridgehead atoms. The summed E-state index contributed by atoms with van der Waals surface area (Å²) in [4.78, 5) is 16.2. The van der Waals surface area contributed by atoms with E-state index in [9.17, 15) is 4.79 Å². The molecule has 5 heteroatoms. The van der Waals surface area contributed by atoms with Gasteiger partial charge in [-0.15, -0.1) is 0 Å². The van der Waals surface area contributed by atoms with Crippen molar-refractivity contribution in [3.63, 3.8) is 0 Å². The van der Waals surface area contributed by atoms with Crippen LogP contribution in [0.3, 0.4) is 0 Å². The number of nitrogens with zero attached hydrogens (tertiary/aromatic N) is 2. The van der Waals surface area contributed by atoms with Crippen LogP contribution >= 0.6 is 0 Å². The molecule has 1 aliphatic rings. The van der Waals surface area contributed by atoms with E-state index in [0.717, 1.165) is 25.2 Å². The Bertz CT molecular complexity index is 409. The molecular formula is C14H22N4O. The van der Waals surface area contributed by atoms with Gasteiger partial charge in [0.2, 0.25) is 0 Å². The summed E-state index contributed by atoms with van der Waals surface area (Å²) < 4.78 is 0. The van der Waals surface area contributed by atoms with E-state index in [2.05, 4.69) is 17.3 Å². The summed E-state index contributed by atoms with van der Waals surface area (Å²) in [6, 6.07) is 10.0. The molecule has 2 rings (SSSR count). The summed E-state index contributed by atoms with van der Waals surface area (Å²) in [5.74, 6) is 0. The van der Waals surface area contributed by atoms with E-state index in [4.69, 9.17) is 5.73 Å². The van der Waals surface area contributed by atoms with Crippen LogP contribution in [0.25, 0.3) is 0 Å². The molecule has 0 saturated carbocycles. The molecule has 1 heterocycles. The highest BCUT2D eigenvalue weighted by Crippen LogP contribution is 2.08.